The number of hydrogen-bond acceptors (Lipinski definition) is 6. The zero-order chi connectivity index (χ0) is 27.2. The van der Waals surface area contributed by atoms with E-state index in [9.17, 15) is 18.0 Å². The fraction of sp³-hybridized carbons (Fsp3) is 0.360. The number of alkyl halides is 3. The number of pyridine rings is 1. The number of fused-ring (bicyclic) bond motifs is 2. The smallest absolute Gasteiger partial charge is 0.383 e. The summed E-state index contributed by atoms with van der Waals surface area (Å²) in [4.78, 5) is 18.4. The van der Waals surface area contributed by atoms with Crippen LogP contribution in [0.25, 0.3) is 11.3 Å². The van der Waals surface area contributed by atoms with E-state index >= 15 is 0 Å². The van der Waals surface area contributed by atoms with Crippen molar-refractivity contribution in [3.05, 3.63) is 63.9 Å². The lowest BCUT2D eigenvalue weighted by Gasteiger charge is -2.34. The standard InChI is InChI=1S/C25H23ClF3N7O2/c1-14(17-3-2-15(11-30)8-19(17)26)33-23(37)35-5-4-24(13-35)21-10-20(34-36(21)6-7-38-24)16-9-18(25(27,28)29)22(31)32-12-16/h2-3,8-10,12,14H,4-7,13H2,1H3,(H2,31,32)(H,33,37)/t14-,24?/m1/s1. The number of nitriles is 1. The number of amides is 2. The first-order valence-electron chi connectivity index (χ1n) is 11.8. The van der Waals surface area contributed by atoms with Crippen LogP contribution >= 0.6 is 11.6 Å². The largest absolute Gasteiger partial charge is 0.419 e. The number of rotatable bonds is 3. The Balaban J connectivity index is 1.35. The second kappa shape index (κ2) is 9.49. The quantitative estimate of drug-likeness (QED) is 0.500. The number of halogens is 4. The zero-order valence-electron chi connectivity index (χ0n) is 20.2. The molecule has 0 saturated carbocycles. The molecule has 2 aliphatic heterocycles. The normalized spacial score (nSPS) is 19.7. The van der Waals surface area contributed by atoms with E-state index in [0.29, 0.717) is 53.7 Å². The maximum absolute atomic E-state index is 13.4. The number of carbonyl (C=O) groups excluding carboxylic acids is 1. The van der Waals surface area contributed by atoms with Crippen LogP contribution in [0.4, 0.5) is 23.8 Å². The van der Waals surface area contributed by atoms with Crippen molar-refractivity contribution in [3.63, 3.8) is 0 Å². The second-order valence-electron chi connectivity index (χ2n) is 9.33. The van der Waals surface area contributed by atoms with Crippen molar-refractivity contribution in [2.24, 2.45) is 0 Å². The SMILES string of the molecule is C[C@@H](NC(=O)N1CCC2(C1)OCCn1nc(-c3cnc(N)c(C(F)(F)F)c3)cc12)c1ccc(C#N)cc1Cl. The summed E-state index contributed by atoms with van der Waals surface area (Å²) in [5.74, 6) is -0.598. The Bertz CT molecular complexity index is 1450. The first-order chi connectivity index (χ1) is 18.0. The second-order valence-corrected chi connectivity index (χ2v) is 9.73. The number of nitrogens with two attached hydrogens (primary N) is 1. The molecule has 2 amide bonds. The minimum Gasteiger partial charge on any atom is -0.383 e. The first-order valence-corrected chi connectivity index (χ1v) is 12.2. The van der Waals surface area contributed by atoms with Gasteiger partial charge in [0.1, 0.15) is 11.4 Å². The average molecular weight is 546 g/mol. The molecule has 0 aliphatic carbocycles. The van der Waals surface area contributed by atoms with E-state index < -0.39 is 29.2 Å². The number of nitrogens with one attached hydrogen (secondary N) is 1. The van der Waals surface area contributed by atoms with Gasteiger partial charge in [0, 0.05) is 29.7 Å². The third kappa shape index (κ3) is 4.63. The number of nitrogen functional groups attached to an aromatic ring is 1. The summed E-state index contributed by atoms with van der Waals surface area (Å²) in [7, 11) is 0. The first kappa shape index (κ1) is 25.8. The van der Waals surface area contributed by atoms with Crippen LogP contribution in [0.3, 0.4) is 0 Å². The van der Waals surface area contributed by atoms with Gasteiger partial charge in [0.05, 0.1) is 54.3 Å². The Kier molecular flexibility index (Phi) is 6.44. The number of urea groups is 1. The third-order valence-corrected chi connectivity index (χ3v) is 7.23. The topological polar surface area (TPSA) is 122 Å². The van der Waals surface area contributed by atoms with Gasteiger partial charge in [-0.2, -0.15) is 23.5 Å². The van der Waals surface area contributed by atoms with Gasteiger partial charge >= 0.3 is 12.2 Å². The lowest BCUT2D eigenvalue weighted by atomic mass is 9.96. The Morgan fingerprint density at radius 3 is 2.82 bits per heavy atom. The Hall–Kier alpha value is -3.82. The van der Waals surface area contributed by atoms with Crippen LogP contribution in [0.15, 0.2) is 36.5 Å². The highest BCUT2D eigenvalue weighted by Gasteiger charge is 2.47. The fourth-order valence-electron chi connectivity index (χ4n) is 4.92. The molecule has 3 N–H and O–H groups in total. The summed E-state index contributed by atoms with van der Waals surface area (Å²) in [6.07, 6.45) is -2.89. The molecule has 2 aliphatic rings. The summed E-state index contributed by atoms with van der Waals surface area (Å²) in [5, 5.41) is 16.9. The van der Waals surface area contributed by atoms with E-state index in [0.717, 1.165) is 6.07 Å². The van der Waals surface area contributed by atoms with Crippen molar-refractivity contribution in [1.82, 2.24) is 25.0 Å². The van der Waals surface area contributed by atoms with Crippen LogP contribution in [0, 0.1) is 11.3 Å². The molecule has 13 heteroatoms. The Morgan fingerprint density at radius 2 is 2.11 bits per heavy atom. The number of likely N-dealkylation sites (tertiary alicyclic amines) is 1. The maximum atomic E-state index is 13.4. The van der Waals surface area contributed by atoms with Crippen molar-refractivity contribution >= 4 is 23.4 Å². The van der Waals surface area contributed by atoms with Crippen LogP contribution in [-0.2, 0) is 23.1 Å². The van der Waals surface area contributed by atoms with E-state index in [-0.39, 0.29) is 18.1 Å². The van der Waals surface area contributed by atoms with Gasteiger partial charge in [0.25, 0.3) is 0 Å². The van der Waals surface area contributed by atoms with E-state index in [1.807, 2.05) is 6.07 Å². The van der Waals surface area contributed by atoms with Crippen LogP contribution in [-0.4, -0.2) is 45.4 Å². The summed E-state index contributed by atoms with van der Waals surface area (Å²) in [6.45, 7) is 3.21. The number of nitrogens with zero attached hydrogens (tertiary/aromatic N) is 5. The van der Waals surface area contributed by atoms with E-state index in [4.69, 9.17) is 27.3 Å². The minimum atomic E-state index is -4.64. The molecule has 2 aromatic heterocycles. The third-order valence-electron chi connectivity index (χ3n) is 6.90. The number of aromatic nitrogens is 3. The number of hydrogen-bond donors (Lipinski definition) is 2. The number of anilines is 1. The molecule has 9 nitrogen and oxygen atoms in total. The van der Waals surface area contributed by atoms with Gasteiger partial charge in [-0.05, 0) is 36.8 Å². The molecule has 1 fully saturated rings. The molecule has 3 aromatic rings. The monoisotopic (exact) mass is 545 g/mol. The van der Waals surface area contributed by atoms with E-state index in [1.54, 1.807) is 40.8 Å². The lowest BCUT2D eigenvalue weighted by molar-refractivity contribution is -0.137. The van der Waals surface area contributed by atoms with Gasteiger partial charge in [0.15, 0.2) is 0 Å². The molecule has 1 unspecified atom stereocenters. The molecule has 1 spiro atoms. The van der Waals surface area contributed by atoms with Crippen molar-refractivity contribution in [1.29, 1.82) is 5.26 Å². The van der Waals surface area contributed by atoms with E-state index in [2.05, 4.69) is 15.4 Å². The molecule has 0 radical (unpaired) electrons. The number of ether oxygens (including phenoxy) is 1. The molecular formula is C25H23ClF3N7O2. The molecule has 4 heterocycles. The molecule has 1 saturated heterocycles. The molecule has 0 bridgehead atoms. The van der Waals surface area contributed by atoms with Gasteiger partial charge in [-0.25, -0.2) is 9.78 Å². The predicted molar refractivity (Wildman–Crippen MR) is 132 cm³/mol. The summed E-state index contributed by atoms with van der Waals surface area (Å²) in [5.41, 5.74) is 5.86. The lowest BCUT2D eigenvalue weighted by Crippen LogP contribution is -2.44. The Morgan fingerprint density at radius 1 is 1.32 bits per heavy atom. The maximum Gasteiger partial charge on any atom is 0.419 e. The number of carbonyl (C=O) groups is 1. The van der Waals surface area contributed by atoms with Gasteiger partial charge in [0.2, 0.25) is 0 Å². The highest BCUT2D eigenvalue weighted by molar-refractivity contribution is 6.31. The van der Waals surface area contributed by atoms with Crippen molar-refractivity contribution in [3.8, 4) is 17.3 Å². The van der Waals surface area contributed by atoms with Gasteiger partial charge in [-0.1, -0.05) is 17.7 Å². The fourth-order valence-corrected chi connectivity index (χ4v) is 5.27. The molecule has 2 atom stereocenters. The minimum absolute atomic E-state index is 0.185. The zero-order valence-corrected chi connectivity index (χ0v) is 21.0. The summed E-state index contributed by atoms with van der Waals surface area (Å²) < 4.78 is 47.9. The summed E-state index contributed by atoms with van der Waals surface area (Å²) in [6, 6.07) is 8.82. The van der Waals surface area contributed by atoms with E-state index in [1.165, 1.54) is 6.20 Å². The molecule has 38 heavy (non-hydrogen) atoms. The van der Waals surface area contributed by atoms with Crippen LogP contribution in [0.1, 0.15) is 41.8 Å². The van der Waals surface area contributed by atoms with Gasteiger partial charge in [-0.3, -0.25) is 4.68 Å². The van der Waals surface area contributed by atoms with Gasteiger partial charge in [-0.15, -0.1) is 0 Å². The van der Waals surface area contributed by atoms with Crippen LogP contribution < -0.4 is 11.1 Å². The average Bonchev–Trinajstić information content (AvgIpc) is 3.50. The number of benzene rings is 1. The van der Waals surface area contributed by atoms with Crippen molar-refractivity contribution < 1.29 is 22.7 Å². The Labute approximate surface area is 220 Å². The van der Waals surface area contributed by atoms with Gasteiger partial charge < -0.3 is 20.7 Å². The molecule has 198 valence electrons. The predicted octanol–water partition coefficient (Wildman–Crippen LogP) is 4.47. The molecular weight excluding hydrogens is 523 g/mol. The molecule has 5 rings (SSSR count). The van der Waals surface area contributed by atoms with Crippen LogP contribution in [0.2, 0.25) is 5.02 Å². The van der Waals surface area contributed by atoms with Crippen molar-refractivity contribution in [2.75, 3.05) is 25.4 Å². The molecule has 1 aromatic carbocycles. The van der Waals surface area contributed by atoms with Crippen molar-refractivity contribution in [2.45, 2.75) is 37.7 Å². The summed E-state index contributed by atoms with van der Waals surface area (Å²) >= 11 is 6.30. The van der Waals surface area contributed by atoms with Crippen LogP contribution in [0.5, 0.6) is 0 Å². The highest BCUT2D eigenvalue weighted by atomic mass is 35.5. The highest BCUT2D eigenvalue weighted by Crippen LogP contribution is 2.41.